The van der Waals surface area contributed by atoms with E-state index in [4.69, 9.17) is 4.74 Å². The highest BCUT2D eigenvalue weighted by Gasteiger charge is 2.09. The molecule has 1 aromatic carbocycles. The highest BCUT2D eigenvalue weighted by atomic mass is 127. The topological polar surface area (TPSA) is 50.6 Å². The first kappa shape index (κ1) is 20.3. The van der Waals surface area contributed by atoms with Gasteiger partial charge in [-0.25, -0.2) is 0 Å². The van der Waals surface area contributed by atoms with E-state index in [9.17, 15) is 0 Å². The number of ether oxygens (including phenoxy) is 1. The lowest BCUT2D eigenvalue weighted by molar-refractivity contribution is 0.199. The second-order valence-corrected chi connectivity index (χ2v) is 5.26. The number of nitrogens with zero attached hydrogens (tertiary/aromatic N) is 2. The van der Waals surface area contributed by atoms with Gasteiger partial charge in [0.15, 0.2) is 5.96 Å². The summed E-state index contributed by atoms with van der Waals surface area (Å²) in [7, 11) is 1.78. The maximum absolute atomic E-state index is 5.97. The zero-order chi connectivity index (χ0) is 16.3. The molecule has 0 amide bonds. The largest absolute Gasteiger partial charge is 0.489 e. The van der Waals surface area contributed by atoms with Gasteiger partial charge in [-0.05, 0) is 30.7 Å². The summed E-state index contributed by atoms with van der Waals surface area (Å²) in [6, 6.07) is 14.0. The monoisotopic (exact) mass is 442 g/mol. The number of hydrogen-bond donors (Lipinski definition) is 2. The minimum Gasteiger partial charge on any atom is -0.489 e. The Morgan fingerprint density at radius 2 is 1.83 bits per heavy atom. The summed E-state index contributed by atoms with van der Waals surface area (Å²) in [5.74, 6) is 1.70. The van der Waals surface area contributed by atoms with E-state index in [1.54, 1.807) is 7.05 Å². The van der Waals surface area contributed by atoms with E-state index in [0.717, 1.165) is 31.2 Å². The van der Waals surface area contributed by atoms with Crippen molar-refractivity contribution in [3.8, 4) is 5.75 Å². The van der Waals surface area contributed by atoms with Crippen molar-refractivity contribution in [3.05, 3.63) is 54.9 Å². The third-order valence-corrected chi connectivity index (χ3v) is 3.55. The lowest BCUT2D eigenvalue weighted by Gasteiger charge is -2.20. The molecule has 2 aromatic rings. The van der Waals surface area contributed by atoms with E-state index in [1.807, 2.05) is 42.5 Å². The molecule has 132 valence electrons. The van der Waals surface area contributed by atoms with Crippen molar-refractivity contribution in [1.82, 2.24) is 15.2 Å². The number of nitrogens with one attached hydrogen (secondary N) is 2. The Hall–Kier alpha value is -1.70. The molecular formula is C18H27IN4O. The van der Waals surface area contributed by atoms with Gasteiger partial charge in [-0.15, -0.1) is 24.0 Å². The van der Waals surface area contributed by atoms with Crippen LogP contribution in [0.5, 0.6) is 5.75 Å². The first-order chi connectivity index (χ1) is 11.3. The van der Waals surface area contributed by atoms with Crippen LogP contribution in [0.15, 0.2) is 59.9 Å². The van der Waals surface area contributed by atoms with E-state index in [-0.39, 0.29) is 30.1 Å². The Morgan fingerprint density at radius 3 is 2.46 bits per heavy atom. The zero-order valence-electron chi connectivity index (χ0n) is 14.3. The van der Waals surface area contributed by atoms with Gasteiger partial charge in [0.25, 0.3) is 0 Å². The quantitative estimate of drug-likeness (QED) is 0.375. The van der Waals surface area contributed by atoms with Gasteiger partial charge in [-0.2, -0.15) is 0 Å². The SMILES string of the molecule is CCC(CNC(=NC)NCCn1cccc1)Oc1ccccc1.I. The van der Waals surface area contributed by atoms with Crippen molar-refractivity contribution in [2.75, 3.05) is 20.1 Å². The van der Waals surface area contributed by atoms with Crippen LogP contribution in [0.3, 0.4) is 0 Å². The number of aromatic nitrogens is 1. The van der Waals surface area contributed by atoms with Crippen LogP contribution in [0.25, 0.3) is 0 Å². The molecule has 0 aliphatic rings. The number of halogens is 1. The van der Waals surface area contributed by atoms with Crippen LogP contribution in [0, 0.1) is 0 Å². The average molecular weight is 442 g/mol. The van der Waals surface area contributed by atoms with Crippen LogP contribution < -0.4 is 15.4 Å². The number of hydrogen-bond acceptors (Lipinski definition) is 2. The van der Waals surface area contributed by atoms with Crippen LogP contribution in [0.4, 0.5) is 0 Å². The summed E-state index contributed by atoms with van der Waals surface area (Å²) >= 11 is 0. The molecular weight excluding hydrogens is 415 g/mol. The molecule has 1 aromatic heterocycles. The summed E-state index contributed by atoms with van der Waals surface area (Å²) < 4.78 is 8.11. The van der Waals surface area contributed by atoms with Crippen molar-refractivity contribution in [2.45, 2.75) is 26.0 Å². The molecule has 0 radical (unpaired) electrons. The van der Waals surface area contributed by atoms with Crippen molar-refractivity contribution >= 4 is 29.9 Å². The molecule has 2 rings (SSSR count). The van der Waals surface area contributed by atoms with Gasteiger partial charge in [0.05, 0.1) is 6.54 Å². The van der Waals surface area contributed by atoms with E-state index >= 15 is 0 Å². The summed E-state index contributed by atoms with van der Waals surface area (Å²) in [4.78, 5) is 4.25. The van der Waals surface area contributed by atoms with Crippen LogP contribution in [0.2, 0.25) is 0 Å². The molecule has 0 bridgehead atoms. The maximum atomic E-state index is 5.97. The smallest absolute Gasteiger partial charge is 0.191 e. The fraction of sp³-hybridized carbons (Fsp3) is 0.389. The van der Waals surface area contributed by atoms with Crippen molar-refractivity contribution < 1.29 is 4.74 Å². The number of para-hydroxylation sites is 1. The van der Waals surface area contributed by atoms with Gasteiger partial charge in [0, 0.05) is 32.5 Å². The number of aliphatic imine (C=N–C) groups is 1. The molecule has 0 spiro atoms. The Morgan fingerprint density at radius 1 is 1.12 bits per heavy atom. The molecule has 2 N–H and O–H groups in total. The van der Waals surface area contributed by atoms with Gasteiger partial charge in [0.2, 0.25) is 0 Å². The van der Waals surface area contributed by atoms with E-state index in [0.29, 0.717) is 6.54 Å². The van der Waals surface area contributed by atoms with Gasteiger partial charge in [-0.1, -0.05) is 25.1 Å². The number of guanidine groups is 1. The lowest BCUT2D eigenvalue weighted by Crippen LogP contribution is -2.43. The molecule has 1 atom stereocenters. The fourth-order valence-electron chi connectivity index (χ4n) is 2.21. The first-order valence-electron chi connectivity index (χ1n) is 8.08. The van der Waals surface area contributed by atoms with Gasteiger partial charge >= 0.3 is 0 Å². The third kappa shape index (κ3) is 7.25. The fourth-order valence-corrected chi connectivity index (χ4v) is 2.21. The Balaban J connectivity index is 0.00000288. The zero-order valence-corrected chi connectivity index (χ0v) is 16.6. The standard InChI is InChI=1S/C18H26N4O.HI/c1-3-16(23-17-9-5-4-6-10-17)15-21-18(19-2)20-11-14-22-12-7-8-13-22;/h4-10,12-13,16H,3,11,14-15H2,1-2H3,(H2,19,20,21);1H. The van der Waals surface area contributed by atoms with Crippen molar-refractivity contribution in [2.24, 2.45) is 4.99 Å². The minimum absolute atomic E-state index is 0. The second kappa shape index (κ2) is 11.8. The first-order valence-corrected chi connectivity index (χ1v) is 8.08. The molecule has 1 unspecified atom stereocenters. The van der Waals surface area contributed by atoms with Crippen molar-refractivity contribution in [1.29, 1.82) is 0 Å². The molecule has 1 heterocycles. The molecule has 0 fully saturated rings. The summed E-state index contributed by atoms with van der Waals surface area (Å²) in [5.41, 5.74) is 0. The third-order valence-electron chi connectivity index (χ3n) is 3.55. The van der Waals surface area contributed by atoms with Gasteiger partial charge in [-0.3, -0.25) is 4.99 Å². The summed E-state index contributed by atoms with van der Waals surface area (Å²) in [6.45, 7) is 4.57. The molecule has 0 aliphatic carbocycles. The molecule has 24 heavy (non-hydrogen) atoms. The molecule has 5 nitrogen and oxygen atoms in total. The molecule has 0 saturated carbocycles. The Kier molecular flexibility index (Phi) is 9.98. The predicted molar refractivity (Wildman–Crippen MR) is 110 cm³/mol. The van der Waals surface area contributed by atoms with E-state index in [2.05, 4.69) is 39.5 Å². The van der Waals surface area contributed by atoms with Crippen LogP contribution >= 0.6 is 24.0 Å². The molecule has 0 saturated heterocycles. The number of benzene rings is 1. The molecule has 0 aliphatic heterocycles. The van der Waals surface area contributed by atoms with Crippen LogP contribution in [-0.4, -0.2) is 36.8 Å². The maximum Gasteiger partial charge on any atom is 0.191 e. The number of rotatable bonds is 8. The summed E-state index contributed by atoms with van der Waals surface area (Å²) in [6.07, 6.45) is 5.15. The Labute approximate surface area is 161 Å². The average Bonchev–Trinajstić information content (AvgIpc) is 3.11. The van der Waals surface area contributed by atoms with Crippen LogP contribution in [-0.2, 0) is 6.54 Å². The van der Waals surface area contributed by atoms with Crippen LogP contribution in [0.1, 0.15) is 13.3 Å². The molecule has 6 heteroatoms. The Bertz CT molecular complexity index is 572. The predicted octanol–water partition coefficient (Wildman–Crippen LogP) is 3.13. The summed E-state index contributed by atoms with van der Waals surface area (Å²) in [5, 5.41) is 6.64. The van der Waals surface area contributed by atoms with E-state index < -0.39 is 0 Å². The van der Waals surface area contributed by atoms with Gasteiger partial charge in [0.1, 0.15) is 11.9 Å². The minimum atomic E-state index is 0. The van der Waals surface area contributed by atoms with Crippen molar-refractivity contribution in [3.63, 3.8) is 0 Å². The second-order valence-electron chi connectivity index (χ2n) is 5.26. The highest BCUT2D eigenvalue weighted by Crippen LogP contribution is 2.11. The van der Waals surface area contributed by atoms with Gasteiger partial charge < -0.3 is 19.9 Å². The lowest BCUT2D eigenvalue weighted by atomic mass is 10.2. The highest BCUT2D eigenvalue weighted by molar-refractivity contribution is 14.0. The normalized spacial score (nSPS) is 12.2. The van der Waals surface area contributed by atoms with E-state index in [1.165, 1.54) is 0 Å².